The number of carboxylic acid groups (broad SMARTS) is 2. The molecule has 0 heterocycles. The summed E-state index contributed by atoms with van der Waals surface area (Å²) in [5.41, 5.74) is 6.58. The lowest BCUT2D eigenvalue weighted by Crippen LogP contribution is -2.58. The molecule has 9 N–H and O–H groups in total. The number of nitrogens with one attached hydrogen (secondary N) is 3. The summed E-state index contributed by atoms with van der Waals surface area (Å²) >= 11 is 0. The van der Waals surface area contributed by atoms with Crippen LogP contribution in [0.2, 0.25) is 0 Å². The lowest BCUT2D eigenvalue weighted by molar-refractivity contribution is -0.144. The summed E-state index contributed by atoms with van der Waals surface area (Å²) in [5.74, 6) is -6.12. The van der Waals surface area contributed by atoms with Crippen molar-refractivity contribution in [1.29, 1.82) is 0 Å². The molecule has 0 radical (unpaired) electrons. The molecular formula is C19H26N4O9. The number of benzene rings is 1. The third kappa shape index (κ3) is 8.67. The Morgan fingerprint density at radius 2 is 1.28 bits per heavy atom. The number of carboxylic acids is 2. The van der Waals surface area contributed by atoms with E-state index in [2.05, 4.69) is 5.32 Å². The van der Waals surface area contributed by atoms with E-state index in [1.807, 2.05) is 10.6 Å². The van der Waals surface area contributed by atoms with Crippen LogP contribution in [-0.2, 0) is 30.4 Å². The average molecular weight is 454 g/mol. The Kier molecular flexibility index (Phi) is 10.8. The number of nitrogens with two attached hydrogens (primary N) is 1. The van der Waals surface area contributed by atoms with Gasteiger partial charge in [0.1, 0.15) is 18.1 Å². The highest BCUT2D eigenvalue weighted by atomic mass is 16.4. The molecule has 13 nitrogen and oxygen atoms in total. The molecule has 0 spiro atoms. The summed E-state index contributed by atoms with van der Waals surface area (Å²) < 4.78 is 0. The van der Waals surface area contributed by atoms with E-state index in [0.29, 0.717) is 0 Å². The molecule has 176 valence electrons. The number of aliphatic hydroxyl groups excluding tert-OH is 2. The van der Waals surface area contributed by atoms with Crippen LogP contribution >= 0.6 is 0 Å². The molecule has 4 unspecified atom stereocenters. The predicted molar refractivity (Wildman–Crippen MR) is 108 cm³/mol. The lowest BCUT2D eigenvalue weighted by Gasteiger charge is -2.23. The fourth-order valence-corrected chi connectivity index (χ4v) is 2.55. The van der Waals surface area contributed by atoms with E-state index in [4.69, 9.17) is 21.1 Å². The summed E-state index contributed by atoms with van der Waals surface area (Å²) in [5, 5.41) is 42.4. The third-order valence-electron chi connectivity index (χ3n) is 4.26. The van der Waals surface area contributed by atoms with Crippen molar-refractivity contribution in [3.05, 3.63) is 35.9 Å². The Morgan fingerprint density at radius 1 is 0.781 bits per heavy atom. The van der Waals surface area contributed by atoms with Crippen molar-refractivity contribution in [1.82, 2.24) is 16.0 Å². The maximum atomic E-state index is 12.4. The van der Waals surface area contributed by atoms with E-state index >= 15 is 0 Å². The van der Waals surface area contributed by atoms with Crippen LogP contribution in [0.4, 0.5) is 0 Å². The van der Waals surface area contributed by atoms with Gasteiger partial charge in [-0.3, -0.25) is 19.2 Å². The molecule has 1 aromatic carbocycles. The molecule has 1 rings (SSSR count). The van der Waals surface area contributed by atoms with E-state index in [1.54, 1.807) is 30.3 Å². The minimum absolute atomic E-state index is 0.147. The highest BCUT2D eigenvalue weighted by Crippen LogP contribution is 2.03. The molecule has 0 fully saturated rings. The van der Waals surface area contributed by atoms with Crippen LogP contribution in [0.15, 0.2) is 30.3 Å². The summed E-state index contributed by atoms with van der Waals surface area (Å²) in [6.07, 6.45) is -0.775. The van der Waals surface area contributed by atoms with Crippen molar-refractivity contribution in [3.63, 3.8) is 0 Å². The van der Waals surface area contributed by atoms with Crippen molar-refractivity contribution in [2.24, 2.45) is 5.73 Å². The predicted octanol–water partition coefficient (Wildman–Crippen LogP) is -3.45. The van der Waals surface area contributed by atoms with Gasteiger partial charge in [0.15, 0.2) is 0 Å². The van der Waals surface area contributed by atoms with Gasteiger partial charge in [0.05, 0.1) is 25.7 Å². The largest absolute Gasteiger partial charge is 0.481 e. The molecule has 1 aromatic rings. The number of hydrogen-bond donors (Lipinski definition) is 8. The smallest absolute Gasteiger partial charge is 0.328 e. The standard InChI is InChI=1S/C19H26N4O9/c20-11(6-10-4-2-1-3-5-10)16(28)22-13(8-24)18(30)21-12(7-15(26)27)17(29)23-14(9-25)19(31)32/h1-5,11-14,24-25H,6-9,20H2,(H,21,30)(H,22,28)(H,23,29)(H,26,27)(H,31,32). The highest BCUT2D eigenvalue weighted by molar-refractivity contribution is 5.95. The van der Waals surface area contributed by atoms with Crippen LogP contribution in [0.3, 0.4) is 0 Å². The van der Waals surface area contributed by atoms with Gasteiger partial charge in [-0.25, -0.2) is 4.79 Å². The molecule has 0 bridgehead atoms. The maximum absolute atomic E-state index is 12.4. The van der Waals surface area contributed by atoms with Crippen LogP contribution in [0.1, 0.15) is 12.0 Å². The van der Waals surface area contributed by atoms with Gasteiger partial charge in [-0.2, -0.15) is 0 Å². The number of carbonyl (C=O) groups is 5. The Labute approximate surface area is 182 Å². The van der Waals surface area contributed by atoms with Crippen molar-refractivity contribution >= 4 is 29.7 Å². The molecule has 3 amide bonds. The first kappa shape index (κ1) is 26.5. The Hall–Kier alpha value is -3.55. The van der Waals surface area contributed by atoms with E-state index in [1.165, 1.54) is 0 Å². The van der Waals surface area contributed by atoms with Crippen LogP contribution < -0.4 is 21.7 Å². The Balaban J connectivity index is 2.80. The van der Waals surface area contributed by atoms with Crippen molar-refractivity contribution in [2.45, 2.75) is 37.0 Å². The number of hydrogen-bond acceptors (Lipinski definition) is 8. The van der Waals surface area contributed by atoms with Gasteiger partial charge in [0.2, 0.25) is 17.7 Å². The number of aliphatic hydroxyl groups is 2. The minimum Gasteiger partial charge on any atom is -0.481 e. The van der Waals surface area contributed by atoms with Crippen LogP contribution in [0, 0.1) is 0 Å². The molecule has 0 aliphatic rings. The van der Waals surface area contributed by atoms with Gasteiger partial charge in [-0.15, -0.1) is 0 Å². The van der Waals surface area contributed by atoms with Gasteiger partial charge >= 0.3 is 11.9 Å². The molecule has 4 atom stereocenters. The summed E-state index contributed by atoms with van der Waals surface area (Å²) in [6.45, 7) is -1.85. The zero-order valence-corrected chi connectivity index (χ0v) is 16.9. The van der Waals surface area contributed by atoms with Crippen molar-refractivity contribution in [2.75, 3.05) is 13.2 Å². The average Bonchev–Trinajstić information content (AvgIpc) is 2.74. The summed E-state index contributed by atoms with van der Waals surface area (Å²) in [7, 11) is 0. The van der Waals surface area contributed by atoms with Crippen molar-refractivity contribution < 1.29 is 44.4 Å². The van der Waals surface area contributed by atoms with E-state index in [-0.39, 0.29) is 6.42 Å². The quantitative estimate of drug-likeness (QED) is 0.147. The molecule has 0 saturated carbocycles. The monoisotopic (exact) mass is 454 g/mol. The van der Waals surface area contributed by atoms with Crippen molar-refractivity contribution in [3.8, 4) is 0 Å². The fraction of sp³-hybridized carbons (Fsp3) is 0.421. The molecular weight excluding hydrogens is 428 g/mol. The maximum Gasteiger partial charge on any atom is 0.328 e. The summed E-state index contributed by atoms with van der Waals surface area (Å²) in [4.78, 5) is 58.9. The molecule has 32 heavy (non-hydrogen) atoms. The SMILES string of the molecule is NC(Cc1ccccc1)C(=O)NC(CO)C(=O)NC(CC(=O)O)C(=O)NC(CO)C(=O)O. The number of carbonyl (C=O) groups excluding carboxylic acids is 3. The van der Waals surface area contributed by atoms with E-state index in [0.717, 1.165) is 5.56 Å². The Morgan fingerprint density at radius 3 is 1.78 bits per heavy atom. The number of aliphatic carboxylic acids is 2. The first-order valence-corrected chi connectivity index (χ1v) is 9.46. The van der Waals surface area contributed by atoms with Gasteiger partial charge in [-0.1, -0.05) is 30.3 Å². The topological polar surface area (TPSA) is 228 Å². The fourth-order valence-electron chi connectivity index (χ4n) is 2.55. The Bertz CT molecular complexity index is 818. The number of amides is 3. The van der Waals surface area contributed by atoms with E-state index < -0.39 is 73.5 Å². The normalized spacial score (nSPS) is 14.3. The molecule has 13 heteroatoms. The van der Waals surface area contributed by atoms with Crippen LogP contribution in [0.5, 0.6) is 0 Å². The lowest BCUT2D eigenvalue weighted by atomic mass is 10.1. The zero-order valence-electron chi connectivity index (χ0n) is 16.9. The van der Waals surface area contributed by atoms with Gasteiger partial charge in [0.25, 0.3) is 0 Å². The first-order valence-electron chi connectivity index (χ1n) is 9.46. The third-order valence-corrected chi connectivity index (χ3v) is 4.26. The van der Waals surface area contributed by atoms with Gasteiger partial charge < -0.3 is 42.1 Å². The van der Waals surface area contributed by atoms with Crippen LogP contribution in [0.25, 0.3) is 0 Å². The van der Waals surface area contributed by atoms with Crippen LogP contribution in [-0.4, -0.2) is 87.5 Å². The van der Waals surface area contributed by atoms with Gasteiger partial charge in [-0.05, 0) is 12.0 Å². The second-order valence-corrected chi connectivity index (χ2v) is 6.78. The molecule has 0 aliphatic carbocycles. The second kappa shape index (κ2) is 13.0. The molecule has 0 aliphatic heterocycles. The molecule has 0 saturated heterocycles. The number of rotatable bonds is 13. The first-order chi connectivity index (χ1) is 15.1. The minimum atomic E-state index is -1.74. The highest BCUT2D eigenvalue weighted by Gasteiger charge is 2.31. The van der Waals surface area contributed by atoms with Gasteiger partial charge in [0, 0.05) is 0 Å². The summed E-state index contributed by atoms with van der Waals surface area (Å²) in [6, 6.07) is 2.71. The molecule has 0 aromatic heterocycles. The van der Waals surface area contributed by atoms with E-state index in [9.17, 15) is 29.1 Å². The zero-order chi connectivity index (χ0) is 24.3. The second-order valence-electron chi connectivity index (χ2n) is 6.78.